The third kappa shape index (κ3) is 3.56. The van der Waals surface area contributed by atoms with Crippen molar-refractivity contribution in [2.45, 2.75) is 25.4 Å². The van der Waals surface area contributed by atoms with Gasteiger partial charge >= 0.3 is 0 Å². The molecule has 5 nitrogen and oxygen atoms in total. The zero-order valence-electron chi connectivity index (χ0n) is 12.8. The third-order valence-corrected chi connectivity index (χ3v) is 4.05. The molecule has 1 saturated heterocycles. The van der Waals surface area contributed by atoms with Crippen molar-refractivity contribution in [3.63, 3.8) is 0 Å². The number of likely N-dealkylation sites (tertiary alicyclic amines) is 1. The largest absolute Gasteiger partial charge is 0.350 e. The van der Waals surface area contributed by atoms with Gasteiger partial charge < -0.3 is 10.2 Å². The number of hydrogen-bond acceptors (Lipinski definition) is 3. The molecule has 1 N–H and O–H groups in total. The Labute approximate surface area is 135 Å². The van der Waals surface area contributed by atoms with Gasteiger partial charge in [0.2, 0.25) is 5.91 Å². The van der Waals surface area contributed by atoms with E-state index in [0.29, 0.717) is 25.1 Å². The van der Waals surface area contributed by atoms with E-state index in [1.165, 1.54) is 0 Å². The van der Waals surface area contributed by atoms with Crippen LogP contribution in [0, 0.1) is 0 Å². The molecule has 0 bridgehead atoms. The first kappa shape index (κ1) is 15.2. The van der Waals surface area contributed by atoms with Gasteiger partial charge in [-0.25, -0.2) is 0 Å². The maximum absolute atomic E-state index is 12.6. The zero-order valence-corrected chi connectivity index (χ0v) is 12.8. The molecule has 1 fully saturated rings. The molecule has 23 heavy (non-hydrogen) atoms. The van der Waals surface area contributed by atoms with Crippen LogP contribution in [-0.4, -0.2) is 34.3 Å². The molecule has 0 saturated carbocycles. The Morgan fingerprint density at radius 1 is 1.13 bits per heavy atom. The second-order valence-corrected chi connectivity index (χ2v) is 5.60. The van der Waals surface area contributed by atoms with E-state index in [-0.39, 0.29) is 17.9 Å². The van der Waals surface area contributed by atoms with Crippen molar-refractivity contribution in [3.05, 3.63) is 66.0 Å². The van der Waals surface area contributed by atoms with Crippen LogP contribution in [0.5, 0.6) is 0 Å². The first-order chi connectivity index (χ1) is 11.3. The van der Waals surface area contributed by atoms with Crippen LogP contribution in [0.3, 0.4) is 0 Å². The summed E-state index contributed by atoms with van der Waals surface area (Å²) in [6, 6.07) is 12.7. The molecule has 3 rings (SSSR count). The number of amides is 2. The standard InChI is InChI=1S/C18H19N3O2/c22-17(20-13-14-5-2-1-3-6-14)16-7-4-12-21(16)18(23)15-8-10-19-11-9-15/h1-3,5-6,8-11,16H,4,7,12-13H2,(H,20,22)/t16-/m0/s1. The Bertz CT molecular complexity index is 673. The van der Waals surface area contributed by atoms with Gasteiger partial charge in [0, 0.05) is 31.0 Å². The maximum atomic E-state index is 12.6. The Morgan fingerprint density at radius 3 is 2.61 bits per heavy atom. The van der Waals surface area contributed by atoms with E-state index in [1.54, 1.807) is 29.4 Å². The van der Waals surface area contributed by atoms with E-state index < -0.39 is 0 Å². The van der Waals surface area contributed by atoms with Crippen LogP contribution < -0.4 is 5.32 Å². The lowest BCUT2D eigenvalue weighted by molar-refractivity contribution is -0.125. The lowest BCUT2D eigenvalue weighted by Crippen LogP contribution is -2.45. The first-order valence-electron chi connectivity index (χ1n) is 7.78. The number of carbonyl (C=O) groups excluding carboxylic acids is 2. The van der Waals surface area contributed by atoms with Gasteiger partial charge in [-0.3, -0.25) is 14.6 Å². The highest BCUT2D eigenvalue weighted by Gasteiger charge is 2.34. The van der Waals surface area contributed by atoms with Crippen LogP contribution in [-0.2, 0) is 11.3 Å². The number of rotatable bonds is 4. The predicted molar refractivity (Wildman–Crippen MR) is 86.6 cm³/mol. The number of pyridine rings is 1. The monoisotopic (exact) mass is 309 g/mol. The van der Waals surface area contributed by atoms with Crippen molar-refractivity contribution in [3.8, 4) is 0 Å². The van der Waals surface area contributed by atoms with Crippen LogP contribution in [0.25, 0.3) is 0 Å². The number of nitrogens with one attached hydrogen (secondary N) is 1. The topological polar surface area (TPSA) is 62.3 Å². The molecular formula is C18H19N3O2. The van der Waals surface area contributed by atoms with Crippen LogP contribution in [0.1, 0.15) is 28.8 Å². The second kappa shape index (κ2) is 7.05. The third-order valence-electron chi connectivity index (χ3n) is 4.05. The van der Waals surface area contributed by atoms with E-state index in [4.69, 9.17) is 0 Å². The lowest BCUT2D eigenvalue weighted by Gasteiger charge is -2.24. The van der Waals surface area contributed by atoms with Gasteiger partial charge in [0.15, 0.2) is 0 Å². The maximum Gasteiger partial charge on any atom is 0.254 e. The van der Waals surface area contributed by atoms with E-state index in [0.717, 1.165) is 12.0 Å². The fraction of sp³-hybridized carbons (Fsp3) is 0.278. The first-order valence-corrected chi connectivity index (χ1v) is 7.78. The fourth-order valence-electron chi connectivity index (χ4n) is 2.85. The van der Waals surface area contributed by atoms with Crippen LogP contribution >= 0.6 is 0 Å². The summed E-state index contributed by atoms with van der Waals surface area (Å²) in [5, 5.41) is 2.93. The van der Waals surface area contributed by atoms with Gasteiger partial charge in [0.05, 0.1) is 0 Å². The number of aromatic nitrogens is 1. The Kier molecular flexibility index (Phi) is 4.66. The lowest BCUT2D eigenvalue weighted by atomic mass is 10.1. The number of benzene rings is 1. The molecular weight excluding hydrogens is 290 g/mol. The molecule has 1 aliphatic heterocycles. The van der Waals surface area contributed by atoms with Crippen molar-refractivity contribution < 1.29 is 9.59 Å². The van der Waals surface area contributed by atoms with Crippen LogP contribution in [0.15, 0.2) is 54.9 Å². The summed E-state index contributed by atoms with van der Waals surface area (Å²) < 4.78 is 0. The van der Waals surface area contributed by atoms with Crippen molar-refractivity contribution in [1.82, 2.24) is 15.2 Å². The minimum absolute atomic E-state index is 0.0891. The summed E-state index contributed by atoms with van der Waals surface area (Å²) >= 11 is 0. The Morgan fingerprint density at radius 2 is 1.87 bits per heavy atom. The van der Waals surface area contributed by atoms with Crippen LogP contribution in [0.2, 0.25) is 0 Å². The summed E-state index contributed by atoms with van der Waals surface area (Å²) in [6.45, 7) is 1.10. The molecule has 1 aromatic carbocycles. The van der Waals surface area contributed by atoms with E-state index in [9.17, 15) is 9.59 Å². The highest BCUT2D eigenvalue weighted by atomic mass is 16.2. The number of carbonyl (C=O) groups is 2. The van der Waals surface area contributed by atoms with Gasteiger partial charge in [-0.05, 0) is 30.5 Å². The Balaban J connectivity index is 1.64. The molecule has 1 aromatic heterocycles. The summed E-state index contributed by atoms with van der Waals surface area (Å²) in [6.07, 6.45) is 4.74. The molecule has 0 unspecified atom stereocenters. The zero-order chi connectivity index (χ0) is 16.1. The highest BCUT2D eigenvalue weighted by molar-refractivity contribution is 5.97. The van der Waals surface area contributed by atoms with Crippen LogP contribution in [0.4, 0.5) is 0 Å². The summed E-state index contributed by atoms with van der Waals surface area (Å²) in [4.78, 5) is 30.6. The minimum atomic E-state index is -0.389. The smallest absolute Gasteiger partial charge is 0.254 e. The SMILES string of the molecule is O=C(NCc1ccccc1)[C@@H]1CCCN1C(=O)c1ccncc1. The molecule has 2 amide bonds. The molecule has 0 spiro atoms. The molecule has 1 aliphatic rings. The van der Waals surface area contributed by atoms with Crippen molar-refractivity contribution in [2.75, 3.05) is 6.54 Å². The molecule has 2 heterocycles. The average molecular weight is 309 g/mol. The van der Waals surface area contributed by atoms with Crippen molar-refractivity contribution in [1.29, 1.82) is 0 Å². The molecule has 118 valence electrons. The predicted octanol–water partition coefficient (Wildman–Crippen LogP) is 2.00. The fourth-order valence-corrected chi connectivity index (χ4v) is 2.85. The summed E-state index contributed by atoms with van der Waals surface area (Å²) in [7, 11) is 0. The summed E-state index contributed by atoms with van der Waals surface area (Å²) in [5.41, 5.74) is 1.62. The van der Waals surface area contributed by atoms with Gasteiger partial charge in [0.25, 0.3) is 5.91 Å². The van der Waals surface area contributed by atoms with E-state index >= 15 is 0 Å². The molecule has 1 atom stereocenters. The molecule has 0 aliphatic carbocycles. The average Bonchev–Trinajstić information content (AvgIpc) is 3.10. The summed E-state index contributed by atoms with van der Waals surface area (Å²) in [5.74, 6) is -0.196. The van der Waals surface area contributed by atoms with E-state index in [1.807, 2.05) is 30.3 Å². The quantitative estimate of drug-likeness (QED) is 0.939. The van der Waals surface area contributed by atoms with Gasteiger partial charge in [0.1, 0.15) is 6.04 Å². The Hall–Kier alpha value is -2.69. The number of hydrogen-bond donors (Lipinski definition) is 1. The normalized spacial score (nSPS) is 17.0. The second-order valence-electron chi connectivity index (χ2n) is 5.60. The van der Waals surface area contributed by atoms with Gasteiger partial charge in [-0.15, -0.1) is 0 Å². The minimum Gasteiger partial charge on any atom is -0.350 e. The molecule has 2 aromatic rings. The molecule has 0 radical (unpaired) electrons. The van der Waals surface area contributed by atoms with Gasteiger partial charge in [-0.2, -0.15) is 0 Å². The number of nitrogens with zero attached hydrogens (tertiary/aromatic N) is 2. The van der Waals surface area contributed by atoms with E-state index in [2.05, 4.69) is 10.3 Å². The van der Waals surface area contributed by atoms with Gasteiger partial charge in [-0.1, -0.05) is 30.3 Å². The van der Waals surface area contributed by atoms with Crippen molar-refractivity contribution >= 4 is 11.8 Å². The highest BCUT2D eigenvalue weighted by Crippen LogP contribution is 2.20. The molecule has 5 heteroatoms. The van der Waals surface area contributed by atoms with Crippen molar-refractivity contribution in [2.24, 2.45) is 0 Å².